The van der Waals surface area contributed by atoms with Crippen molar-refractivity contribution in [3.63, 3.8) is 0 Å². The van der Waals surface area contributed by atoms with Crippen LogP contribution in [0, 0.1) is 17.0 Å². The first-order valence-corrected chi connectivity index (χ1v) is 4.91. The third kappa shape index (κ3) is 2.05. The molecular formula is C11H10N4O2. The van der Waals surface area contributed by atoms with Gasteiger partial charge in [-0.15, -0.1) is 0 Å². The van der Waals surface area contributed by atoms with Gasteiger partial charge in [0.2, 0.25) is 0 Å². The number of aromatic nitrogens is 2. The fourth-order valence-corrected chi connectivity index (χ4v) is 1.43. The van der Waals surface area contributed by atoms with E-state index >= 15 is 0 Å². The lowest BCUT2D eigenvalue weighted by molar-refractivity contribution is -0.383. The fourth-order valence-electron chi connectivity index (χ4n) is 1.43. The standard InChI is InChI=1S/C11H10N4O2/c1-7-2-3-8(14-6-7)11-10(12)9(15(16)17)4-5-13-11/h2-6H,12H2,1H3. The largest absolute Gasteiger partial charge is 0.391 e. The van der Waals surface area contributed by atoms with Gasteiger partial charge >= 0.3 is 0 Å². The van der Waals surface area contributed by atoms with E-state index in [1.807, 2.05) is 13.0 Å². The number of aryl methyl sites for hydroxylation is 1. The summed E-state index contributed by atoms with van der Waals surface area (Å²) in [6.45, 7) is 1.90. The number of hydrogen-bond donors (Lipinski definition) is 1. The van der Waals surface area contributed by atoms with E-state index in [0.29, 0.717) is 11.4 Å². The molecule has 0 unspecified atom stereocenters. The minimum absolute atomic E-state index is 0.0360. The maximum Gasteiger partial charge on any atom is 0.295 e. The van der Waals surface area contributed by atoms with E-state index in [-0.39, 0.29) is 11.4 Å². The molecule has 2 aromatic rings. The second kappa shape index (κ2) is 4.17. The second-order valence-corrected chi connectivity index (χ2v) is 3.57. The SMILES string of the molecule is Cc1ccc(-c2nccc([N+](=O)[O-])c2N)nc1. The van der Waals surface area contributed by atoms with E-state index in [9.17, 15) is 10.1 Å². The van der Waals surface area contributed by atoms with Crippen molar-refractivity contribution in [2.24, 2.45) is 0 Å². The van der Waals surface area contributed by atoms with Crippen molar-refractivity contribution in [1.29, 1.82) is 0 Å². The lowest BCUT2D eigenvalue weighted by Gasteiger charge is -2.04. The van der Waals surface area contributed by atoms with Gasteiger partial charge in [0.15, 0.2) is 0 Å². The number of nitrogen functional groups attached to an aromatic ring is 1. The number of nitrogens with zero attached hydrogens (tertiary/aromatic N) is 3. The van der Waals surface area contributed by atoms with Crippen LogP contribution in [0.1, 0.15) is 5.56 Å². The van der Waals surface area contributed by atoms with Crippen LogP contribution < -0.4 is 5.73 Å². The third-order valence-corrected chi connectivity index (χ3v) is 2.32. The first-order chi connectivity index (χ1) is 8.09. The van der Waals surface area contributed by atoms with Gasteiger partial charge in [0.25, 0.3) is 5.69 Å². The van der Waals surface area contributed by atoms with Crippen LogP contribution in [-0.2, 0) is 0 Å². The zero-order valence-corrected chi connectivity index (χ0v) is 9.12. The van der Waals surface area contributed by atoms with E-state index < -0.39 is 4.92 Å². The van der Waals surface area contributed by atoms with Crippen LogP contribution >= 0.6 is 0 Å². The predicted molar refractivity (Wildman–Crippen MR) is 63.3 cm³/mol. The van der Waals surface area contributed by atoms with E-state index in [4.69, 9.17) is 5.73 Å². The average molecular weight is 230 g/mol. The summed E-state index contributed by atoms with van der Waals surface area (Å²) in [5.74, 6) is 0. The molecule has 2 rings (SSSR count). The molecule has 0 fully saturated rings. The summed E-state index contributed by atoms with van der Waals surface area (Å²) < 4.78 is 0. The maximum atomic E-state index is 10.7. The topological polar surface area (TPSA) is 94.9 Å². The van der Waals surface area contributed by atoms with Crippen molar-refractivity contribution in [2.45, 2.75) is 6.92 Å². The molecule has 2 heterocycles. The Morgan fingerprint density at radius 2 is 2.06 bits per heavy atom. The summed E-state index contributed by atoms with van der Waals surface area (Å²) in [7, 11) is 0. The van der Waals surface area contributed by atoms with Crippen molar-refractivity contribution in [2.75, 3.05) is 5.73 Å². The van der Waals surface area contributed by atoms with Gasteiger partial charge in [0, 0.05) is 18.5 Å². The second-order valence-electron chi connectivity index (χ2n) is 3.57. The smallest absolute Gasteiger partial charge is 0.295 e. The Morgan fingerprint density at radius 3 is 2.65 bits per heavy atom. The average Bonchev–Trinajstić information content (AvgIpc) is 2.30. The van der Waals surface area contributed by atoms with Gasteiger partial charge in [-0.2, -0.15) is 0 Å². The van der Waals surface area contributed by atoms with Crippen LogP contribution in [0.25, 0.3) is 11.4 Å². The molecule has 6 heteroatoms. The minimum Gasteiger partial charge on any atom is -0.391 e. The van der Waals surface area contributed by atoms with Gasteiger partial charge in [-0.1, -0.05) is 6.07 Å². The molecule has 0 saturated carbocycles. The highest BCUT2D eigenvalue weighted by Gasteiger charge is 2.17. The first kappa shape index (κ1) is 11.0. The van der Waals surface area contributed by atoms with Gasteiger partial charge < -0.3 is 5.73 Å². The van der Waals surface area contributed by atoms with Crippen LogP contribution in [0.4, 0.5) is 11.4 Å². The summed E-state index contributed by atoms with van der Waals surface area (Å²) >= 11 is 0. The Bertz CT molecular complexity index is 566. The molecule has 17 heavy (non-hydrogen) atoms. The molecule has 0 spiro atoms. The van der Waals surface area contributed by atoms with Gasteiger partial charge in [0.1, 0.15) is 11.4 Å². The quantitative estimate of drug-likeness (QED) is 0.628. The van der Waals surface area contributed by atoms with Gasteiger partial charge in [0.05, 0.1) is 10.6 Å². The van der Waals surface area contributed by atoms with E-state index in [2.05, 4.69) is 9.97 Å². The molecule has 0 radical (unpaired) electrons. The molecule has 0 amide bonds. The Hall–Kier alpha value is -2.50. The van der Waals surface area contributed by atoms with Gasteiger partial charge in [-0.05, 0) is 18.6 Å². The van der Waals surface area contributed by atoms with Gasteiger partial charge in [-0.3, -0.25) is 20.1 Å². The lowest BCUT2D eigenvalue weighted by Crippen LogP contribution is -2.00. The summed E-state index contributed by atoms with van der Waals surface area (Å²) in [5.41, 5.74) is 7.45. The monoisotopic (exact) mass is 230 g/mol. The summed E-state index contributed by atoms with van der Waals surface area (Å²) in [6.07, 6.45) is 3.01. The zero-order valence-electron chi connectivity index (χ0n) is 9.12. The Morgan fingerprint density at radius 1 is 1.29 bits per heavy atom. The Labute approximate surface area is 97.3 Å². The van der Waals surface area contributed by atoms with Crippen LogP contribution in [0.2, 0.25) is 0 Å². The molecule has 0 aromatic carbocycles. The number of nitrogens with two attached hydrogens (primary N) is 1. The van der Waals surface area contributed by atoms with Crippen molar-refractivity contribution in [1.82, 2.24) is 9.97 Å². The lowest BCUT2D eigenvalue weighted by atomic mass is 10.2. The van der Waals surface area contributed by atoms with Crippen LogP contribution in [0.5, 0.6) is 0 Å². The number of pyridine rings is 2. The minimum atomic E-state index is -0.533. The highest BCUT2D eigenvalue weighted by molar-refractivity contribution is 5.77. The van der Waals surface area contributed by atoms with Crippen LogP contribution in [-0.4, -0.2) is 14.9 Å². The molecule has 0 atom stereocenters. The third-order valence-electron chi connectivity index (χ3n) is 2.32. The molecule has 6 nitrogen and oxygen atoms in total. The summed E-state index contributed by atoms with van der Waals surface area (Å²) in [6, 6.07) is 4.85. The summed E-state index contributed by atoms with van der Waals surface area (Å²) in [4.78, 5) is 18.4. The van der Waals surface area contributed by atoms with E-state index in [1.54, 1.807) is 12.3 Å². The highest BCUT2D eigenvalue weighted by atomic mass is 16.6. The molecule has 0 aliphatic heterocycles. The number of nitro groups is 1. The van der Waals surface area contributed by atoms with Crippen molar-refractivity contribution in [3.8, 4) is 11.4 Å². The molecular weight excluding hydrogens is 220 g/mol. The van der Waals surface area contributed by atoms with Gasteiger partial charge in [-0.25, -0.2) is 0 Å². The number of hydrogen-bond acceptors (Lipinski definition) is 5. The van der Waals surface area contributed by atoms with E-state index in [0.717, 1.165) is 5.56 Å². The van der Waals surface area contributed by atoms with Crippen LogP contribution in [0.3, 0.4) is 0 Å². The van der Waals surface area contributed by atoms with Crippen molar-refractivity contribution >= 4 is 11.4 Å². The molecule has 2 N–H and O–H groups in total. The molecule has 0 aliphatic carbocycles. The van der Waals surface area contributed by atoms with Crippen LogP contribution in [0.15, 0.2) is 30.6 Å². The normalized spacial score (nSPS) is 10.2. The molecule has 86 valence electrons. The summed E-state index contributed by atoms with van der Waals surface area (Å²) in [5, 5.41) is 10.7. The fraction of sp³-hybridized carbons (Fsp3) is 0.0909. The predicted octanol–water partition coefficient (Wildman–Crippen LogP) is 1.94. The Kier molecular flexibility index (Phi) is 2.70. The molecule has 0 bridgehead atoms. The molecule has 0 aliphatic rings. The first-order valence-electron chi connectivity index (χ1n) is 4.91. The maximum absolute atomic E-state index is 10.7. The number of anilines is 1. The molecule has 0 saturated heterocycles. The molecule has 2 aromatic heterocycles. The number of rotatable bonds is 2. The highest BCUT2D eigenvalue weighted by Crippen LogP contribution is 2.29. The van der Waals surface area contributed by atoms with E-state index in [1.165, 1.54) is 12.3 Å². The van der Waals surface area contributed by atoms with Crippen molar-refractivity contribution in [3.05, 3.63) is 46.3 Å². The Balaban J connectivity index is 2.56. The van der Waals surface area contributed by atoms with Crippen molar-refractivity contribution < 1.29 is 4.92 Å². The zero-order chi connectivity index (χ0) is 12.4.